The van der Waals surface area contributed by atoms with Gasteiger partial charge in [0.05, 0.1) is 6.42 Å². The van der Waals surface area contributed by atoms with Crippen molar-refractivity contribution in [1.82, 2.24) is 9.55 Å². The molecule has 6 nitrogen and oxygen atoms in total. The van der Waals surface area contributed by atoms with Crippen molar-refractivity contribution in [3.05, 3.63) is 42.0 Å². The summed E-state index contributed by atoms with van der Waals surface area (Å²) in [7, 11) is 5.02. The Morgan fingerprint density at radius 1 is 1.35 bits per heavy atom. The first kappa shape index (κ1) is 19.8. The number of nitrogens with zero attached hydrogens (tertiary/aromatic N) is 3. The van der Waals surface area contributed by atoms with Crippen molar-refractivity contribution in [3.8, 4) is 0 Å². The summed E-state index contributed by atoms with van der Waals surface area (Å²) in [6.07, 6.45) is -3.86. The summed E-state index contributed by atoms with van der Waals surface area (Å²) in [4.78, 5) is 17.7. The monoisotopic (exact) mass is 370 g/mol. The zero-order valence-electron chi connectivity index (χ0n) is 14.9. The Morgan fingerprint density at radius 2 is 2.00 bits per heavy atom. The van der Waals surface area contributed by atoms with E-state index in [1.54, 1.807) is 25.1 Å². The lowest BCUT2D eigenvalue weighted by atomic mass is 9.97. The standard InChI is InChI=1S/C17H21F3N4O2/c1-11-9-12(23(2)3)5-6-13(11)22-14(25)10-16(26,17(18,19)20)15-21-7-8-24(15)4/h5-9,26H,10H2,1-4H3,(H,22,25). The Labute approximate surface area is 149 Å². The van der Waals surface area contributed by atoms with Gasteiger partial charge in [-0.05, 0) is 30.7 Å². The first-order valence-electron chi connectivity index (χ1n) is 7.80. The van der Waals surface area contributed by atoms with E-state index >= 15 is 0 Å². The van der Waals surface area contributed by atoms with Gasteiger partial charge in [0.15, 0.2) is 5.82 Å². The van der Waals surface area contributed by atoms with Crippen molar-refractivity contribution < 1.29 is 23.1 Å². The van der Waals surface area contributed by atoms with Gasteiger partial charge in [0, 0.05) is 44.9 Å². The molecule has 1 unspecified atom stereocenters. The zero-order chi connectivity index (χ0) is 19.7. The molecule has 0 aliphatic heterocycles. The number of rotatable bonds is 5. The molecule has 0 fully saturated rings. The highest BCUT2D eigenvalue weighted by atomic mass is 19.4. The molecule has 9 heteroatoms. The van der Waals surface area contributed by atoms with E-state index in [2.05, 4.69) is 10.3 Å². The van der Waals surface area contributed by atoms with E-state index in [0.29, 0.717) is 11.3 Å². The maximum absolute atomic E-state index is 13.5. The van der Waals surface area contributed by atoms with Crippen LogP contribution in [0.3, 0.4) is 0 Å². The molecule has 0 saturated heterocycles. The van der Waals surface area contributed by atoms with Gasteiger partial charge in [0.1, 0.15) is 0 Å². The minimum absolute atomic E-state index is 0.380. The van der Waals surface area contributed by atoms with Crippen molar-refractivity contribution in [3.63, 3.8) is 0 Å². The number of imidazole rings is 1. The summed E-state index contributed by atoms with van der Waals surface area (Å²) < 4.78 is 41.5. The predicted molar refractivity (Wildman–Crippen MR) is 91.9 cm³/mol. The summed E-state index contributed by atoms with van der Waals surface area (Å²) in [5.74, 6) is -1.60. The van der Waals surface area contributed by atoms with Gasteiger partial charge in [-0.3, -0.25) is 4.79 Å². The van der Waals surface area contributed by atoms with Crippen molar-refractivity contribution in [2.24, 2.45) is 7.05 Å². The molecule has 0 bridgehead atoms. The molecule has 2 rings (SSSR count). The number of anilines is 2. The smallest absolute Gasteiger partial charge is 0.378 e. The molecular weight excluding hydrogens is 349 g/mol. The number of aliphatic hydroxyl groups is 1. The van der Waals surface area contributed by atoms with Crippen LogP contribution in [0.25, 0.3) is 0 Å². The molecule has 1 aromatic heterocycles. The second-order valence-electron chi connectivity index (χ2n) is 6.34. The number of carbonyl (C=O) groups is 1. The first-order chi connectivity index (χ1) is 12.0. The van der Waals surface area contributed by atoms with Crippen LogP contribution in [0.2, 0.25) is 0 Å². The lowest BCUT2D eigenvalue weighted by Gasteiger charge is -2.29. The van der Waals surface area contributed by atoms with Crippen LogP contribution in [0.1, 0.15) is 17.8 Å². The molecule has 0 aliphatic rings. The van der Waals surface area contributed by atoms with Crippen molar-refractivity contribution in [2.45, 2.75) is 25.1 Å². The van der Waals surface area contributed by atoms with Gasteiger partial charge in [0.25, 0.3) is 0 Å². The van der Waals surface area contributed by atoms with Crippen LogP contribution in [0.4, 0.5) is 24.5 Å². The fourth-order valence-corrected chi connectivity index (χ4v) is 2.56. The maximum Gasteiger partial charge on any atom is 0.425 e. The summed E-state index contributed by atoms with van der Waals surface area (Å²) in [5, 5.41) is 12.7. The van der Waals surface area contributed by atoms with E-state index in [4.69, 9.17) is 0 Å². The molecular formula is C17H21F3N4O2. The molecule has 2 aromatic rings. The Hall–Kier alpha value is -2.55. The lowest BCUT2D eigenvalue weighted by Crippen LogP contribution is -2.46. The third-order valence-electron chi connectivity index (χ3n) is 4.08. The lowest BCUT2D eigenvalue weighted by molar-refractivity contribution is -0.270. The number of aryl methyl sites for hydroxylation is 2. The second-order valence-corrected chi connectivity index (χ2v) is 6.34. The van der Waals surface area contributed by atoms with E-state index < -0.39 is 29.9 Å². The predicted octanol–water partition coefficient (Wildman–Crippen LogP) is 2.57. The first-order valence-corrected chi connectivity index (χ1v) is 7.80. The Morgan fingerprint density at radius 3 is 2.46 bits per heavy atom. The normalized spacial score (nSPS) is 14.0. The van der Waals surface area contributed by atoms with Gasteiger partial charge in [-0.15, -0.1) is 0 Å². The highest BCUT2D eigenvalue weighted by Gasteiger charge is 2.58. The molecule has 1 atom stereocenters. The third kappa shape index (κ3) is 3.82. The number of alkyl halides is 3. The number of halogens is 3. The van der Waals surface area contributed by atoms with Crippen molar-refractivity contribution in [2.75, 3.05) is 24.3 Å². The van der Waals surface area contributed by atoms with Crippen molar-refractivity contribution >= 4 is 17.3 Å². The molecule has 1 amide bonds. The highest BCUT2D eigenvalue weighted by molar-refractivity contribution is 5.92. The Bertz CT molecular complexity index is 802. The summed E-state index contributed by atoms with van der Waals surface area (Å²) in [6, 6.07) is 5.14. The van der Waals surface area contributed by atoms with E-state index in [1.807, 2.05) is 19.0 Å². The Balaban J connectivity index is 2.25. The number of nitrogens with one attached hydrogen (secondary N) is 1. The summed E-state index contributed by atoms with van der Waals surface area (Å²) in [6.45, 7) is 1.73. The quantitative estimate of drug-likeness (QED) is 0.849. The Kier molecular flexibility index (Phi) is 5.31. The molecule has 1 aromatic carbocycles. The van der Waals surface area contributed by atoms with Crippen LogP contribution in [0.15, 0.2) is 30.6 Å². The van der Waals surface area contributed by atoms with Crippen molar-refractivity contribution in [1.29, 1.82) is 0 Å². The van der Waals surface area contributed by atoms with E-state index in [-0.39, 0.29) is 0 Å². The average molecular weight is 370 g/mol. The van der Waals surface area contributed by atoms with Crippen LogP contribution in [0.5, 0.6) is 0 Å². The van der Waals surface area contributed by atoms with Gasteiger partial charge in [-0.25, -0.2) is 4.98 Å². The summed E-state index contributed by atoms with van der Waals surface area (Å²) in [5.41, 5.74) is -1.42. The van der Waals surface area contributed by atoms with E-state index in [1.165, 1.54) is 13.2 Å². The minimum atomic E-state index is -5.06. The SMILES string of the molecule is Cc1cc(N(C)C)ccc1NC(=O)CC(O)(c1nccn1C)C(F)(F)F. The van der Waals surface area contributed by atoms with Gasteiger partial charge < -0.3 is 19.9 Å². The summed E-state index contributed by atoms with van der Waals surface area (Å²) >= 11 is 0. The molecule has 0 spiro atoms. The number of hydrogen-bond acceptors (Lipinski definition) is 4. The van der Waals surface area contributed by atoms with E-state index in [0.717, 1.165) is 16.5 Å². The van der Waals surface area contributed by atoms with Crippen LogP contribution in [0, 0.1) is 6.92 Å². The fraction of sp³-hybridized carbons (Fsp3) is 0.412. The molecule has 142 valence electrons. The molecule has 0 aliphatic carbocycles. The minimum Gasteiger partial charge on any atom is -0.378 e. The zero-order valence-corrected chi connectivity index (χ0v) is 14.9. The van der Waals surface area contributed by atoms with Crippen LogP contribution >= 0.6 is 0 Å². The van der Waals surface area contributed by atoms with E-state index in [9.17, 15) is 23.1 Å². The van der Waals surface area contributed by atoms with Gasteiger partial charge in [0.2, 0.25) is 11.5 Å². The third-order valence-corrected chi connectivity index (χ3v) is 4.08. The van der Waals surface area contributed by atoms with Crippen LogP contribution < -0.4 is 10.2 Å². The largest absolute Gasteiger partial charge is 0.425 e. The molecule has 26 heavy (non-hydrogen) atoms. The fourth-order valence-electron chi connectivity index (χ4n) is 2.56. The topological polar surface area (TPSA) is 70.4 Å². The molecule has 2 N–H and O–H groups in total. The highest BCUT2D eigenvalue weighted by Crippen LogP contribution is 2.41. The number of benzene rings is 1. The van der Waals surface area contributed by atoms with Gasteiger partial charge in [-0.1, -0.05) is 0 Å². The number of hydrogen-bond donors (Lipinski definition) is 2. The number of aromatic nitrogens is 2. The second kappa shape index (κ2) is 6.99. The number of amides is 1. The van der Waals surface area contributed by atoms with Gasteiger partial charge in [-0.2, -0.15) is 13.2 Å². The van der Waals surface area contributed by atoms with Crippen LogP contribution in [-0.4, -0.2) is 40.8 Å². The average Bonchev–Trinajstić information content (AvgIpc) is 2.94. The molecule has 1 heterocycles. The number of carbonyl (C=O) groups excluding carboxylic acids is 1. The van der Waals surface area contributed by atoms with Crippen LogP contribution in [-0.2, 0) is 17.4 Å². The molecule has 0 saturated carbocycles. The maximum atomic E-state index is 13.5. The van der Waals surface area contributed by atoms with Gasteiger partial charge >= 0.3 is 6.18 Å². The molecule has 0 radical (unpaired) electrons.